The minimum Gasteiger partial charge on any atom is -0.508 e. The van der Waals surface area contributed by atoms with E-state index in [1.54, 1.807) is 43.3 Å². The first-order valence-corrected chi connectivity index (χ1v) is 15.3. The van der Waals surface area contributed by atoms with E-state index in [1.165, 1.54) is 30.2 Å². The monoisotopic (exact) mass is 648 g/mol. The highest BCUT2D eigenvalue weighted by atomic mass is 35.5. The minimum atomic E-state index is -1.39. The third-order valence-corrected chi connectivity index (χ3v) is 10.6. The van der Waals surface area contributed by atoms with E-state index in [0.717, 1.165) is 16.5 Å². The summed E-state index contributed by atoms with van der Waals surface area (Å²) in [7, 11) is 1.46. The van der Waals surface area contributed by atoms with Crippen molar-refractivity contribution in [2.24, 2.45) is 29.1 Å². The van der Waals surface area contributed by atoms with Crippen LogP contribution in [0.4, 0.5) is 15.8 Å². The first-order chi connectivity index (χ1) is 21.5. The Kier molecular flexibility index (Phi) is 6.83. The Morgan fingerprint density at radius 1 is 0.889 bits per heavy atom. The van der Waals surface area contributed by atoms with Crippen molar-refractivity contribution in [3.05, 3.63) is 93.7 Å². The molecule has 0 radical (unpaired) electrons. The number of benzene rings is 3. The van der Waals surface area contributed by atoms with E-state index in [9.17, 15) is 28.7 Å². The number of amides is 4. The standard InChI is InChI=1S/C34H27Cl2FN2O6/c1-34-24(31(42)39(33(34)44)18-7-12-26(37)25(36)13-18)15-23-20(29(34)21-9-8-19(45-2)14-27(21)40)10-11-22-28(23)32(43)38(30(22)41)17-5-3-16(35)4-6-17/h3-10,12-14,22-24,28-29,40H,11,15H2,1-2H3/t22-,23+,24-,28-,29+,34+/m0/s1. The number of carbonyl (C=O) groups excluding carboxylic acids is 4. The van der Waals surface area contributed by atoms with E-state index in [2.05, 4.69) is 0 Å². The number of allylic oxidation sites excluding steroid dienone is 2. The zero-order chi connectivity index (χ0) is 31.9. The predicted octanol–water partition coefficient (Wildman–Crippen LogP) is 6.28. The number of fused-ring (bicyclic) bond motifs is 4. The summed E-state index contributed by atoms with van der Waals surface area (Å²) in [6, 6.07) is 14.9. The molecule has 1 N–H and O–H groups in total. The van der Waals surface area contributed by atoms with E-state index in [4.69, 9.17) is 27.9 Å². The Balaban J connectivity index is 1.37. The van der Waals surface area contributed by atoms with Crippen LogP contribution in [0.5, 0.6) is 11.5 Å². The van der Waals surface area contributed by atoms with Crippen molar-refractivity contribution < 1.29 is 33.4 Å². The molecule has 3 aromatic carbocycles. The molecule has 7 rings (SSSR count). The lowest BCUT2D eigenvalue weighted by molar-refractivity contribution is -0.131. The van der Waals surface area contributed by atoms with Crippen LogP contribution in [0.2, 0.25) is 10.0 Å². The molecule has 3 aromatic rings. The van der Waals surface area contributed by atoms with Gasteiger partial charge in [0.25, 0.3) is 0 Å². The molecule has 0 unspecified atom stereocenters. The molecule has 2 aliphatic carbocycles. The molecule has 3 fully saturated rings. The van der Waals surface area contributed by atoms with Crippen molar-refractivity contribution in [3.63, 3.8) is 0 Å². The number of halogens is 3. The van der Waals surface area contributed by atoms with Crippen molar-refractivity contribution in [2.75, 3.05) is 16.9 Å². The van der Waals surface area contributed by atoms with E-state index < -0.39 is 52.6 Å². The molecule has 6 atom stereocenters. The molecule has 230 valence electrons. The average Bonchev–Trinajstić information content (AvgIpc) is 3.39. The van der Waals surface area contributed by atoms with Crippen LogP contribution in [0.3, 0.4) is 0 Å². The van der Waals surface area contributed by atoms with Crippen molar-refractivity contribution in [1.29, 1.82) is 0 Å². The van der Waals surface area contributed by atoms with Gasteiger partial charge in [0.05, 0.1) is 46.7 Å². The molecule has 45 heavy (non-hydrogen) atoms. The number of carbonyl (C=O) groups is 4. The molecule has 0 spiro atoms. The number of ether oxygens (including phenoxy) is 1. The second-order valence-electron chi connectivity index (χ2n) is 12.2. The van der Waals surface area contributed by atoms with Crippen LogP contribution < -0.4 is 14.5 Å². The van der Waals surface area contributed by atoms with Gasteiger partial charge in [0.1, 0.15) is 17.3 Å². The first kappa shape index (κ1) is 29.5. The van der Waals surface area contributed by atoms with Crippen LogP contribution in [0, 0.1) is 34.9 Å². The smallest absolute Gasteiger partial charge is 0.241 e. The average molecular weight is 650 g/mol. The van der Waals surface area contributed by atoms with Crippen LogP contribution in [0.15, 0.2) is 72.3 Å². The molecular weight excluding hydrogens is 622 g/mol. The Labute approximate surface area is 268 Å². The fourth-order valence-electron chi connectivity index (χ4n) is 7.97. The molecule has 1 saturated carbocycles. The highest BCUT2D eigenvalue weighted by molar-refractivity contribution is 6.32. The van der Waals surface area contributed by atoms with Crippen LogP contribution in [0.25, 0.3) is 0 Å². The van der Waals surface area contributed by atoms with Crippen molar-refractivity contribution >= 4 is 58.2 Å². The van der Waals surface area contributed by atoms with Crippen molar-refractivity contribution in [3.8, 4) is 11.5 Å². The summed E-state index contributed by atoms with van der Waals surface area (Å²) >= 11 is 12.1. The summed E-state index contributed by atoms with van der Waals surface area (Å²) in [5, 5.41) is 11.5. The first-order valence-electron chi connectivity index (χ1n) is 14.5. The van der Waals surface area contributed by atoms with Gasteiger partial charge in [0.15, 0.2) is 0 Å². The predicted molar refractivity (Wildman–Crippen MR) is 165 cm³/mol. The Morgan fingerprint density at radius 2 is 1.60 bits per heavy atom. The van der Waals surface area contributed by atoms with Gasteiger partial charge in [-0.15, -0.1) is 0 Å². The highest BCUT2D eigenvalue weighted by Crippen LogP contribution is 2.64. The zero-order valence-corrected chi connectivity index (χ0v) is 25.7. The summed E-state index contributed by atoms with van der Waals surface area (Å²) in [6.07, 6.45) is 2.27. The van der Waals surface area contributed by atoms with E-state index in [0.29, 0.717) is 22.0 Å². The fourth-order valence-corrected chi connectivity index (χ4v) is 8.27. The molecule has 2 heterocycles. The summed E-state index contributed by atoms with van der Waals surface area (Å²) in [6.45, 7) is 1.70. The lowest BCUT2D eigenvalue weighted by Gasteiger charge is -2.49. The van der Waals surface area contributed by atoms with Gasteiger partial charge in [-0.1, -0.05) is 40.9 Å². The second-order valence-corrected chi connectivity index (χ2v) is 13.0. The largest absolute Gasteiger partial charge is 0.508 e. The van der Waals surface area contributed by atoms with E-state index in [1.807, 2.05) is 6.08 Å². The van der Waals surface area contributed by atoms with Gasteiger partial charge >= 0.3 is 0 Å². The van der Waals surface area contributed by atoms with Gasteiger partial charge in [-0.05, 0) is 74.2 Å². The number of rotatable bonds is 4. The zero-order valence-electron chi connectivity index (χ0n) is 24.2. The van der Waals surface area contributed by atoms with Gasteiger partial charge in [-0.2, -0.15) is 0 Å². The number of methoxy groups -OCH3 is 1. The van der Waals surface area contributed by atoms with Crippen LogP contribution in [-0.2, 0) is 19.2 Å². The molecule has 11 heteroatoms. The maximum atomic E-state index is 14.5. The van der Waals surface area contributed by atoms with Crippen molar-refractivity contribution in [1.82, 2.24) is 0 Å². The quantitative estimate of drug-likeness (QED) is 0.264. The number of imide groups is 2. The molecule has 4 amide bonds. The Hall–Kier alpha value is -4.21. The van der Waals surface area contributed by atoms with Crippen LogP contribution in [-0.4, -0.2) is 35.8 Å². The summed E-state index contributed by atoms with van der Waals surface area (Å²) < 4.78 is 19.4. The molecule has 0 bridgehead atoms. The molecule has 4 aliphatic rings. The van der Waals surface area contributed by atoms with E-state index >= 15 is 0 Å². The van der Waals surface area contributed by atoms with Gasteiger partial charge < -0.3 is 9.84 Å². The summed E-state index contributed by atoms with van der Waals surface area (Å²) in [4.78, 5) is 58.7. The number of hydrogen-bond acceptors (Lipinski definition) is 6. The van der Waals surface area contributed by atoms with Gasteiger partial charge in [0.2, 0.25) is 23.6 Å². The van der Waals surface area contributed by atoms with Crippen LogP contribution >= 0.6 is 23.2 Å². The molecule has 0 aromatic heterocycles. The third-order valence-electron chi connectivity index (χ3n) is 10.1. The number of anilines is 2. The summed E-state index contributed by atoms with van der Waals surface area (Å²) in [5.41, 5.74) is 0.252. The van der Waals surface area contributed by atoms with E-state index in [-0.39, 0.29) is 41.1 Å². The topological polar surface area (TPSA) is 104 Å². The highest BCUT2D eigenvalue weighted by Gasteiger charge is 2.68. The molecular formula is C34H27Cl2FN2O6. The van der Waals surface area contributed by atoms with Crippen LogP contribution in [0.1, 0.15) is 31.2 Å². The number of nitrogens with zero attached hydrogens (tertiary/aromatic N) is 2. The Morgan fingerprint density at radius 3 is 2.27 bits per heavy atom. The second kappa shape index (κ2) is 10.4. The molecule has 2 saturated heterocycles. The lowest BCUT2D eigenvalue weighted by atomic mass is 9.51. The van der Waals surface area contributed by atoms with Gasteiger partial charge in [0, 0.05) is 22.6 Å². The number of aromatic hydroxyl groups is 1. The maximum Gasteiger partial charge on any atom is 0.241 e. The SMILES string of the molecule is COc1ccc([C@H]2C3=CC[C@@H]4C(=O)N(c5ccc(Cl)cc5)C(=O)[C@@H]4[C@@H]3C[C@H]3C(=O)N(c4ccc(F)c(Cl)c4)C(=O)[C@@]23C)c(O)c1. The number of phenolic OH excluding ortho intramolecular Hbond substituents is 1. The molecule has 8 nitrogen and oxygen atoms in total. The van der Waals surface area contributed by atoms with Gasteiger partial charge in [-0.25, -0.2) is 9.29 Å². The minimum absolute atomic E-state index is 0.125. The number of hydrogen-bond donors (Lipinski definition) is 1. The van der Waals surface area contributed by atoms with Crippen molar-refractivity contribution in [2.45, 2.75) is 25.7 Å². The Bertz CT molecular complexity index is 1840. The maximum absolute atomic E-state index is 14.5. The summed E-state index contributed by atoms with van der Waals surface area (Å²) in [5.74, 6) is -5.96. The third kappa shape index (κ3) is 4.17. The number of phenols is 1. The fraction of sp³-hybridized carbons (Fsp3) is 0.294. The normalized spacial score (nSPS) is 29.0. The molecule has 2 aliphatic heterocycles. The van der Waals surface area contributed by atoms with Gasteiger partial charge in [-0.3, -0.25) is 24.1 Å². The lowest BCUT2D eigenvalue weighted by Crippen LogP contribution is -2.48.